The van der Waals surface area contributed by atoms with Gasteiger partial charge in [-0.05, 0) is 43.8 Å². The van der Waals surface area contributed by atoms with Crippen LogP contribution in [0.3, 0.4) is 0 Å². The second-order valence-electron chi connectivity index (χ2n) is 5.67. The number of rotatable bonds is 3. The first-order valence-electron chi connectivity index (χ1n) is 6.87. The number of nitrogens with zero attached hydrogens (tertiary/aromatic N) is 1. The van der Waals surface area contributed by atoms with Gasteiger partial charge in [0.1, 0.15) is 0 Å². The molecule has 2 aliphatic rings. The number of non-ortho nitro benzene ring substituents is 1. The summed E-state index contributed by atoms with van der Waals surface area (Å²) in [5, 5.41) is 16.8. The lowest BCUT2D eigenvalue weighted by molar-refractivity contribution is -0.384. The summed E-state index contributed by atoms with van der Waals surface area (Å²) < 4.78 is 0. The predicted molar refractivity (Wildman–Crippen MR) is 81.6 cm³/mol. The van der Waals surface area contributed by atoms with E-state index in [0.29, 0.717) is 5.69 Å². The molecule has 1 heterocycles. The highest BCUT2D eigenvalue weighted by Crippen LogP contribution is 2.58. The van der Waals surface area contributed by atoms with Crippen LogP contribution in [0.4, 0.5) is 11.4 Å². The summed E-state index contributed by atoms with van der Waals surface area (Å²) in [5.41, 5.74) is 0.672. The summed E-state index contributed by atoms with van der Waals surface area (Å²) in [6.45, 7) is 1.95. The molecule has 0 bridgehead atoms. The topological polar surface area (TPSA) is 84.3 Å². The Hall–Kier alpha value is -1.66. The summed E-state index contributed by atoms with van der Waals surface area (Å²) in [5.74, 6) is 0.0521. The van der Waals surface area contributed by atoms with E-state index in [1.807, 2.05) is 0 Å². The molecule has 114 valence electrons. The highest BCUT2D eigenvalue weighted by atomic mass is 35.5. The number of carbonyl (C=O) groups excluding carboxylic acids is 1. The van der Waals surface area contributed by atoms with E-state index < -0.39 is 4.92 Å². The Morgan fingerprint density at radius 1 is 1.38 bits per heavy atom. The number of nitrogens with one attached hydrogen (secondary N) is 2. The van der Waals surface area contributed by atoms with Gasteiger partial charge in [0, 0.05) is 23.7 Å². The SMILES string of the molecule is Cl.O=C(Nc1cccc([N+](=O)[O-])c1)C1CC12CCNCC2. The van der Waals surface area contributed by atoms with Crippen LogP contribution in [0, 0.1) is 21.4 Å². The maximum atomic E-state index is 12.2. The minimum absolute atomic E-state index is 0. The van der Waals surface area contributed by atoms with Crippen LogP contribution in [0.5, 0.6) is 0 Å². The Morgan fingerprint density at radius 2 is 2.10 bits per heavy atom. The zero-order valence-corrected chi connectivity index (χ0v) is 12.3. The van der Waals surface area contributed by atoms with Crippen molar-refractivity contribution in [3.05, 3.63) is 34.4 Å². The van der Waals surface area contributed by atoms with E-state index in [0.717, 1.165) is 32.4 Å². The van der Waals surface area contributed by atoms with Gasteiger partial charge in [-0.2, -0.15) is 0 Å². The lowest BCUT2D eigenvalue weighted by Crippen LogP contribution is -2.31. The van der Waals surface area contributed by atoms with Crippen molar-refractivity contribution in [2.24, 2.45) is 11.3 Å². The first-order valence-corrected chi connectivity index (χ1v) is 6.87. The van der Waals surface area contributed by atoms with Crippen LogP contribution in [0.25, 0.3) is 0 Å². The molecular formula is C14H18ClN3O3. The number of benzene rings is 1. The van der Waals surface area contributed by atoms with E-state index >= 15 is 0 Å². The molecule has 1 aliphatic carbocycles. The van der Waals surface area contributed by atoms with Crippen LogP contribution in [0.15, 0.2) is 24.3 Å². The molecule has 2 N–H and O–H groups in total. The highest BCUT2D eigenvalue weighted by molar-refractivity contribution is 5.95. The van der Waals surface area contributed by atoms with E-state index in [4.69, 9.17) is 0 Å². The molecule has 1 saturated heterocycles. The molecule has 7 heteroatoms. The van der Waals surface area contributed by atoms with Gasteiger partial charge in [0.25, 0.3) is 5.69 Å². The monoisotopic (exact) mass is 311 g/mol. The molecular weight excluding hydrogens is 294 g/mol. The molecule has 1 atom stereocenters. The standard InChI is InChI=1S/C14H17N3O3.ClH/c18-13(12-9-14(12)4-6-15-7-5-14)16-10-2-1-3-11(8-10)17(19)20;/h1-3,8,12,15H,4-7,9H2,(H,16,18);1H. The molecule has 1 aliphatic heterocycles. The van der Waals surface area contributed by atoms with Crippen LogP contribution in [-0.4, -0.2) is 23.9 Å². The van der Waals surface area contributed by atoms with Crippen LogP contribution in [-0.2, 0) is 4.79 Å². The van der Waals surface area contributed by atoms with E-state index in [1.54, 1.807) is 12.1 Å². The van der Waals surface area contributed by atoms with Crippen molar-refractivity contribution in [3.63, 3.8) is 0 Å². The lowest BCUT2D eigenvalue weighted by Gasteiger charge is -2.23. The number of nitro groups is 1. The second kappa shape index (κ2) is 5.99. The highest BCUT2D eigenvalue weighted by Gasteiger charge is 2.57. The van der Waals surface area contributed by atoms with Crippen molar-refractivity contribution >= 4 is 29.7 Å². The predicted octanol–water partition coefficient (Wildman–Crippen LogP) is 2.34. The summed E-state index contributed by atoms with van der Waals surface area (Å²) in [6.07, 6.45) is 3.02. The molecule has 0 radical (unpaired) electrons. The van der Waals surface area contributed by atoms with E-state index in [-0.39, 0.29) is 35.3 Å². The zero-order chi connectivity index (χ0) is 14.2. The second-order valence-corrected chi connectivity index (χ2v) is 5.67. The number of hydrogen-bond acceptors (Lipinski definition) is 4. The maximum absolute atomic E-state index is 12.2. The Kier molecular flexibility index (Phi) is 4.49. The molecule has 1 aromatic carbocycles. The Bertz CT molecular complexity index is 558. The average Bonchev–Trinajstić information content (AvgIpc) is 3.13. The van der Waals surface area contributed by atoms with E-state index in [2.05, 4.69) is 10.6 Å². The zero-order valence-electron chi connectivity index (χ0n) is 11.5. The lowest BCUT2D eigenvalue weighted by atomic mass is 9.92. The minimum Gasteiger partial charge on any atom is -0.326 e. The number of nitro benzene ring substituents is 1. The number of amides is 1. The molecule has 1 aromatic rings. The van der Waals surface area contributed by atoms with Gasteiger partial charge < -0.3 is 10.6 Å². The minimum atomic E-state index is -0.457. The fraction of sp³-hybridized carbons (Fsp3) is 0.500. The molecule has 1 spiro atoms. The largest absolute Gasteiger partial charge is 0.326 e. The molecule has 2 fully saturated rings. The summed E-state index contributed by atoms with van der Waals surface area (Å²) in [6, 6.07) is 6.08. The first kappa shape index (κ1) is 15.7. The molecule has 1 amide bonds. The van der Waals surface area contributed by atoms with Crippen LogP contribution >= 0.6 is 12.4 Å². The first-order chi connectivity index (χ1) is 9.61. The molecule has 1 unspecified atom stereocenters. The molecule has 6 nitrogen and oxygen atoms in total. The third kappa shape index (κ3) is 3.16. The van der Waals surface area contributed by atoms with Gasteiger partial charge in [0.15, 0.2) is 0 Å². The Balaban J connectivity index is 0.00000161. The van der Waals surface area contributed by atoms with E-state index in [1.165, 1.54) is 12.1 Å². The van der Waals surface area contributed by atoms with Gasteiger partial charge in [0.2, 0.25) is 5.91 Å². The van der Waals surface area contributed by atoms with Crippen LogP contribution in [0.2, 0.25) is 0 Å². The molecule has 3 rings (SSSR count). The number of hydrogen-bond donors (Lipinski definition) is 2. The summed E-state index contributed by atoms with van der Waals surface area (Å²) in [4.78, 5) is 22.5. The Morgan fingerprint density at radius 3 is 2.76 bits per heavy atom. The van der Waals surface area contributed by atoms with Gasteiger partial charge >= 0.3 is 0 Å². The van der Waals surface area contributed by atoms with E-state index in [9.17, 15) is 14.9 Å². The summed E-state index contributed by atoms with van der Waals surface area (Å²) in [7, 11) is 0. The number of halogens is 1. The van der Waals surface area contributed by atoms with Gasteiger partial charge in [0.05, 0.1) is 4.92 Å². The van der Waals surface area contributed by atoms with Crippen molar-refractivity contribution < 1.29 is 9.72 Å². The van der Waals surface area contributed by atoms with Crippen LogP contribution in [0.1, 0.15) is 19.3 Å². The van der Waals surface area contributed by atoms with Gasteiger partial charge in [-0.25, -0.2) is 0 Å². The fourth-order valence-electron chi connectivity index (χ4n) is 3.12. The number of piperidine rings is 1. The Labute approximate surface area is 128 Å². The fourth-order valence-corrected chi connectivity index (χ4v) is 3.12. The molecule has 21 heavy (non-hydrogen) atoms. The quantitative estimate of drug-likeness (QED) is 0.663. The maximum Gasteiger partial charge on any atom is 0.271 e. The number of carbonyl (C=O) groups is 1. The van der Waals surface area contributed by atoms with Gasteiger partial charge in [-0.1, -0.05) is 6.07 Å². The third-order valence-electron chi connectivity index (χ3n) is 4.43. The van der Waals surface area contributed by atoms with Crippen LogP contribution < -0.4 is 10.6 Å². The molecule has 1 saturated carbocycles. The van der Waals surface area contributed by atoms with Gasteiger partial charge in [-0.15, -0.1) is 12.4 Å². The van der Waals surface area contributed by atoms with Crippen molar-refractivity contribution in [3.8, 4) is 0 Å². The third-order valence-corrected chi connectivity index (χ3v) is 4.43. The summed E-state index contributed by atoms with van der Waals surface area (Å²) >= 11 is 0. The van der Waals surface area contributed by atoms with Crippen molar-refractivity contribution in [2.45, 2.75) is 19.3 Å². The normalized spacial score (nSPS) is 22.2. The van der Waals surface area contributed by atoms with Gasteiger partial charge in [-0.3, -0.25) is 14.9 Å². The average molecular weight is 312 g/mol. The van der Waals surface area contributed by atoms with Crippen molar-refractivity contribution in [1.82, 2.24) is 5.32 Å². The number of anilines is 1. The van der Waals surface area contributed by atoms with Crippen molar-refractivity contribution in [1.29, 1.82) is 0 Å². The molecule has 0 aromatic heterocycles. The smallest absolute Gasteiger partial charge is 0.271 e. The van der Waals surface area contributed by atoms with Crippen molar-refractivity contribution in [2.75, 3.05) is 18.4 Å².